The number of likely N-dealkylation sites (N-methyl/N-ethyl adjacent to an activating group) is 1. The summed E-state index contributed by atoms with van der Waals surface area (Å²) in [7, 11) is 1.57. The number of hydrogen-bond acceptors (Lipinski definition) is 5. The van der Waals surface area contributed by atoms with Crippen molar-refractivity contribution in [3.8, 4) is 11.5 Å². The molecule has 0 atom stereocenters. The number of nitrogens with zero attached hydrogens (tertiary/aromatic N) is 2. The Labute approximate surface area is 235 Å². The van der Waals surface area contributed by atoms with Gasteiger partial charge in [0.15, 0.2) is 16.7 Å². The Kier molecular flexibility index (Phi) is 9.15. The fourth-order valence-electron chi connectivity index (χ4n) is 3.82. The van der Waals surface area contributed by atoms with E-state index in [1.54, 1.807) is 48.4 Å². The van der Waals surface area contributed by atoms with Crippen molar-refractivity contribution in [1.29, 1.82) is 0 Å². The number of allylic oxidation sites excluding steroid dienone is 1. The normalized spacial score (nSPS) is 15.4. The number of ether oxygens (including phenoxy) is 2. The summed E-state index contributed by atoms with van der Waals surface area (Å²) in [6.45, 7) is 6.47. The van der Waals surface area contributed by atoms with Crippen LogP contribution in [0.25, 0.3) is 6.08 Å². The van der Waals surface area contributed by atoms with Crippen LogP contribution in [0.1, 0.15) is 23.6 Å². The second-order valence-electron chi connectivity index (χ2n) is 8.27. The van der Waals surface area contributed by atoms with Gasteiger partial charge in [-0.1, -0.05) is 35.3 Å². The Hall–Kier alpha value is -3.26. The van der Waals surface area contributed by atoms with E-state index in [-0.39, 0.29) is 18.3 Å². The van der Waals surface area contributed by atoms with Crippen LogP contribution in [-0.4, -0.2) is 29.6 Å². The number of amidine groups is 1. The van der Waals surface area contributed by atoms with Gasteiger partial charge in [0, 0.05) is 12.1 Å². The van der Waals surface area contributed by atoms with E-state index in [1.807, 2.05) is 25.1 Å². The topological polar surface area (TPSA) is 51.1 Å². The van der Waals surface area contributed by atoms with Crippen LogP contribution in [0.3, 0.4) is 0 Å². The van der Waals surface area contributed by atoms with E-state index in [1.165, 1.54) is 23.9 Å². The summed E-state index contributed by atoms with van der Waals surface area (Å²) >= 11 is 13.4. The molecule has 1 saturated heterocycles. The van der Waals surface area contributed by atoms with E-state index >= 15 is 0 Å². The van der Waals surface area contributed by atoms with Gasteiger partial charge in [0.2, 0.25) is 0 Å². The van der Waals surface area contributed by atoms with Crippen LogP contribution in [0.5, 0.6) is 11.5 Å². The van der Waals surface area contributed by atoms with Crippen molar-refractivity contribution < 1.29 is 18.7 Å². The second kappa shape index (κ2) is 12.5. The standard InChI is InChI=1S/C29H25Cl2FN2O3S/c1-4-6-20-13-19(15-25(36-3)27(20)37-17-18-7-12-23(30)24(31)14-18)16-26-28(35)34(5-2)29(38-26)33-22-10-8-21(32)9-11-22/h4,7-16H,1,5-6,17H2,2-3H3/b26-16+,33-29?. The maximum atomic E-state index is 13.3. The van der Waals surface area contributed by atoms with Crippen LogP contribution in [0, 0.1) is 5.82 Å². The van der Waals surface area contributed by atoms with E-state index in [9.17, 15) is 9.18 Å². The first-order valence-electron chi connectivity index (χ1n) is 11.8. The van der Waals surface area contributed by atoms with Gasteiger partial charge in [-0.25, -0.2) is 9.38 Å². The van der Waals surface area contributed by atoms with E-state index in [2.05, 4.69) is 11.6 Å². The number of aliphatic imine (C=N–C) groups is 1. The quantitative estimate of drug-likeness (QED) is 0.193. The van der Waals surface area contributed by atoms with Gasteiger partial charge in [-0.3, -0.25) is 9.69 Å². The number of carbonyl (C=O) groups excluding carboxylic acids is 1. The zero-order chi connectivity index (χ0) is 27.2. The minimum atomic E-state index is -0.342. The summed E-state index contributed by atoms with van der Waals surface area (Å²) in [5, 5.41) is 1.47. The number of methoxy groups -OCH3 is 1. The molecule has 0 spiro atoms. The monoisotopic (exact) mass is 570 g/mol. The van der Waals surface area contributed by atoms with Crippen molar-refractivity contribution >= 4 is 57.8 Å². The third-order valence-electron chi connectivity index (χ3n) is 5.66. The second-order valence-corrected chi connectivity index (χ2v) is 10.1. The molecular formula is C29H25Cl2FN2O3S. The van der Waals surface area contributed by atoms with Gasteiger partial charge in [-0.2, -0.15) is 0 Å². The predicted molar refractivity (Wildman–Crippen MR) is 154 cm³/mol. The predicted octanol–water partition coefficient (Wildman–Crippen LogP) is 8.07. The molecule has 1 amide bonds. The molecule has 3 aromatic carbocycles. The number of amides is 1. The van der Waals surface area contributed by atoms with Crippen LogP contribution < -0.4 is 9.47 Å². The number of benzene rings is 3. The lowest BCUT2D eigenvalue weighted by atomic mass is 10.0. The molecule has 1 aliphatic rings. The fraction of sp³-hybridized carbons (Fsp3) is 0.172. The van der Waals surface area contributed by atoms with E-state index in [0.717, 1.165) is 16.7 Å². The minimum absolute atomic E-state index is 0.150. The fourth-order valence-corrected chi connectivity index (χ4v) is 5.21. The molecule has 1 heterocycles. The first-order chi connectivity index (χ1) is 18.3. The van der Waals surface area contributed by atoms with Gasteiger partial charge >= 0.3 is 0 Å². The maximum absolute atomic E-state index is 13.3. The average Bonchev–Trinajstić information content (AvgIpc) is 3.19. The Morgan fingerprint density at radius 1 is 1.11 bits per heavy atom. The van der Waals surface area contributed by atoms with E-state index in [0.29, 0.717) is 50.3 Å². The lowest BCUT2D eigenvalue weighted by Crippen LogP contribution is -2.28. The Balaban J connectivity index is 1.64. The molecule has 0 saturated carbocycles. The zero-order valence-electron chi connectivity index (χ0n) is 20.8. The highest BCUT2D eigenvalue weighted by molar-refractivity contribution is 8.18. The molecule has 0 radical (unpaired) electrons. The van der Waals surface area contributed by atoms with Crippen LogP contribution in [0.15, 0.2) is 77.1 Å². The highest BCUT2D eigenvalue weighted by Gasteiger charge is 2.32. The van der Waals surface area contributed by atoms with Crippen molar-refractivity contribution in [1.82, 2.24) is 4.90 Å². The molecule has 4 rings (SSSR count). The molecule has 196 valence electrons. The smallest absolute Gasteiger partial charge is 0.266 e. The lowest BCUT2D eigenvalue weighted by Gasteiger charge is -2.16. The molecule has 0 aliphatic carbocycles. The highest BCUT2D eigenvalue weighted by Crippen LogP contribution is 2.38. The maximum Gasteiger partial charge on any atom is 0.266 e. The number of rotatable bonds is 9. The SMILES string of the molecule is C=CCc1cc(/C=C2/SC(=Nc3ccc(F)cc3)N(CC)C2=O)cc(OC)c1OCc1ccc(Cl)c(Cl)c1. The Morgan fingerprint density at radius 2 is 1.87 bits per heavy atom. The lowest BCUT2D eigenvalue weighted by molar-refractivity contribution is -0.122. The Morgan fingerprint density at radius 3 is 2.53 bits per heavy atom. The summed E-state index contributed by atoms with van der Waals surface area (Å²) in [6, 6.07) is 14.9. The third-order valence-corrected chi connectivity index (χ3v) is 7.40. The van der Waals surface area contributed by atoms with Crippen LogP contribution in [0.4, 0.5) is 10.1 Å². The number of thioether (sulfide) groups is 1. The number of carbonyl (C=O) groups is 1. The van der Waals surface area contributed by atoms with Crippen molar-refractivity contribution in [2.75, 3.05) is 13.7 Å². The summed E-state index contributed by atoms with van der Waals surface area (Å²) in [5.41, 5.74) is 3.06. The van der Waals surface area contributed by atoms with Gasteiger partial charge < -0.3 is 9.47 Å². The molecule has 0 bridgehead atoms. The van der Waals surface area contributed by atoms with Gasteiger partial charge in [0.1, 0.15) is 12.4 Å². The summed E-state index contributed by atoms with van der Waals surface area (Å²) < 4.78 is 25.1. The zero-order valence-corrected chi connectivity index (χ0v) is 23.2. The van der Waals surface area contributed by atoms with Crippen molar-refractivity contribution in [2.45, 2.75) is 20.0 Å². The highest BCUT2D eigenvalue weighted by atomic mass is 35.5. The first-order valence-corrected chi connectivity index (χ1v) is 13.3. The van der Waals surface area contributed by atoms with E-state index in [4.69, 9.17) is 32.7 Å². The van der Waals surface area contributed by atoms with Crippen molar-refractivity contribution in [3.63, 3.8) is 0 Å². The average molecular weight is 572 g/mol. The van der Waals surface area contributed by atoms with Gasteiger partial charge in [-0.15, -0.1) is 6.58 Å². The molecule has 0 unspecified atom stereocenters. The van der Waals surface area contributed by atoms with Gasteiger partial charge in [-0.05, 0) is 90.8 Å². The molecule has 3 aromatic rings. The third kappa shape index (κ3) is 6.41. The molecule has 1 aliphatic heterocycles. The van der Waals surface area contributed by atoms with Gasteiger partial charge in [0.05, 0.1) is 27.7 Å². The minimum Gasteiger partial charge on any atom is -0.493 e. The summed E-state index contributed by atoms with van der Waals surface area (Å²) in [4.78, 5) is 19.8. The van der Waals surface area contributed by atoms with E-state index < -0.39 is 0 Å². The van der Waals surface area contributed by atoms with Crippen LogP contribution in [-0.2, 0) is 17.8 Å². The summed E-state index contributed by atoms with van der Waals surface area (Å²) in [6.07, 6.45) is 4.11. The van der Waals surface area contributed by atoms with Crippen molar-refractivity contribution in [2.24, 2.45) is 4.99 Å². The first kappa shape index (κ1) is 27.8. The molecule has 5 nitrogen and oxygen atoms in total. The van der Waals surface area contributed by atoms with Crippen molar-refractivity contribution in [3.05, 3.63) is 105 Å². The van der Waals surface area contributed by atoms with Gasteiger partial charge in [0.25, 0.3) is 5.91 Å². The Bertz CT molecular complexity index is 1420. The molecule has 9 heteroatoms. The largest absolute Gasteiger partial charge is 0.493 e. The number of hydrogen-bond donors (Lipinski definition) is 0. The molecule has 0 aromatic heterocycles. The number of halogens is 3. The molecule has 0 N–H and O–H groups in total. The molecule has 38 heavy (non-hydrogen) atoms. The molecular weight excluding hydrogens is 546 g/mol. The summed E-state index contributed by atoms with van der Waals surface area (Å²) in [5.74, 6) is 0.618. The molecule has 1 fully saturated rings. The van der Waals surface area contributed by atoms with Crippen LogP contribution >= 0.6 is 35.0 Å². The van der Waals surface area contributed by atoms with Crippen LogP contribution in [0.2, 0.25) is 10.0 Å².